The zero-order valence-electron chi connectivity index (χ0n) is 13.0. The Morgan fingerprint density at radius 2 is 2.09 bits per heavy atom. The van der Waals surface area contributed by atoms with Crippen LogP contribution in [-0.4, -0.2) is 27.4 Å². The molecule has 1 aromatic heterocycles. The molecule has 0 N–H and O–H groups in total. The highest BCUT2D eigenvalue weighted by Gasteiger charge is 2.35. The quantitative estimate of drug-likeness (QED) is 0.624. The number of thiophene rings is 1. The zero-order valence-corrected chi connectivity index (χ0v) is 14.6. The lowest BCUT2D eigenvalue weighted by Gasteiger charge is -2.16. The molecule has 2 aromatic rings. The van der Waals surface area contributed by atoms with E-state index in [0.717, 1.165) is 10.4 Å². The van der Waals surface area contributed by atoms with Crippen molar-refractivity contribution in [2.24, 2.45) is 10.2 Å². The smallest absolute Gasteiger partial charge is 0.242 e. The van der Waals surface area contributed by atoms with Gasteiger partial charge in [0.2, 0.25) is 5.91 Å². The minimum Gasteiger partial charge on any atom is -0.284 e. The van der Waals surface area contributed by atoms with Crippen molar-refractivity contribution in [3.63, 3.8) is 0 Å². The van der Waals surface area contributed by atoms with Gasteiger partial charge in [0, 0.05) is 4.88 Å². The van der Waals surface area contributed by atoms with E-state index >= 15 is 0 Å². The molecule has 118 valence electrons. The molecule has 0 aliphatic carbocycles. The zero-order chi connectivity index (χ0) is 16.2. The number of hydrogen-bond acceptors (Lipinski definition) is 5. The van der Waals surface area contributed by atoms with Crippen LogP contribution in [0.15, 0.2) is 52.0 Å². The highest BCUT2D eigenvalue weighted by molar-refractivity contribution is 8.15. The van der Waals surface area contributed by atoms with E-state index in [2.05, 4.69) is 23.2 Å². The molecular weight excluding hydrogens is 326 g/mol. The third kappa shape index (κ3) is 3.71. The largest absolute Gasteiger partial charge is 0.284 e. The lowest BCUT2D eigenvalue weighted by atomic mass is 10.1. The van der Waals surface area contributed by atoms with Crippen LogP contribution >= 0.6 is 23.1 Å². The van der Waals surface area contributed by atoms with Crippen LogP contribution in [0.5, 0.6) is 0 Å². The van der Waals surface area contributed by atoms with E-state index in [1.807, 2.05) is 42.6 Å². The minimum atomic E-state index is -0.116. The van der Waals surface area contributed by atoms with Crippen LogP contribution in [0.3, 0.4) is 0 Å². The van der Waals surface area contributed by atoms with Crippen molar-refractivity contribution in [1.82, 2.24) is 4.90 Å². The molecule has 1 aromatic carbocycles. The van der Waals surface area contributed by atoms with E-state index in [4.69, 9.17) is 0 Å². The van der Waals surface area contributed by atoms with Gasteiger partial charge in [-0.2, -0.15) is 5.10 Å². The number of nitrogens with zero attached hydrogens (tertiary/aromatic N) is 3. The van der Waals surface area contributed by atoms with E-state index < -0.39 is 0 Å². The molecule has 4 nitrogen and oxygen atoms in total. The highest BCUT2D eigenvalue weighted by atomic mass is 32.2. The van der Waals surface area contributed by atoms with Gasteiger partial charge in [-0.15, -0.1) is 16.4 Å². The van der Waals surface area contributed by atoms with Crippen molar-refractivity contribution in [2.75, 3.05) is 0 Å². The molecule has 0 radical (unpaired) electrons. The van der Waals surface area contributed by atoms with Gasteiger partial charge in [0.25, 0.3) is 0 Å². The molecule has 1 saturated heterocycles. The van der Waals surface area contributed by atoms with Crippen molar-refractivity contribution < 1.29 is 4.79 Å². The maximum atomic E-state index is 12.4. The summed E-state index contributed by atoms with van der Waals surface area (Å²) in [7, 11) is 0. The Kier molecular flexibility index (Phi) is 4.93. The summed E-state index contributed by atoms with van der Waals surface area (Å²) >= 11 is 3.07. The minimum absolute atomic E-state index is 0.0864. The van der Waals surface area contributed by atoms with Gasteiger partial charge < -0.3 is 0 Å². The first-order valence-corrected chi connectivity index (χ1v) is 9.08. The molecule has 1 aliphatic rings. The molecule has 2 heterocycles. The molecule has 1 aliphatic heterocycles. The summed E-state index contributed by atoms with van der Waals surface area (Å²) in [5, 5.41) is 10.9. The normalized spacial score (nSPS) is 20.1. The van der Waals surface area contributed by atoms with Gasteiger partial charge in [0.15, 0.2) is 5.17 Å². The summed E-state index contributed by atoms with van der Waals surface area (Å²) in [6.07, 6.45) is 1.72. The van der Waals surface area contributed by atoms with Gasteiger partial charge in [-0.25, -0.2) is 0 Å². The molecule has 1 fully saturated rings. The molecule has 23 heavy (non-hydrogen) atoms. The monoisotopic (exact) mass is 343 g/mol. The second-order valence-corrected chi connectivity index (χ2v) is 7.54. The maximum absolute atomic E-state index is 12.4. The average Bonchev–Trinajstić information content (AvgIpc) is 3.14. The number of thioether (sulfide) groups is 1. The Morgan fingerprint density at radius 1 is 1.26 bits per heavy atom. The van der Waals surface area contributed by atoms with E-state index in [1.165, 1.54) is 17.3 Å². The topological polar surface area (TPSA) is 45.0 Å². The van der Waals surface area contributed by atoms with Crippen LogP contribution < -0.4 is 0 Å². The van der Waals surface area contributed by atoms with E-state index in [1.54, 1.807) is 22.5 Å². The molecule has 1 unspecified atom stereocenters. The van der Waals surface area contributed by atoms with Gasteiger partial charge in [0.1, 0.15) is 0 Å². The molecule has 1 atom stereocenters. The number of carbonyl (C=O) groups is 1. The second-order valence-electron chi connectivity index (χ2n) is 5.25. The van der Waals surface area contributed by atoms with Crippen LogP contribution in [0.1, 0.15) is 22.9 Å². The van der Waals surface area contributed by atoms with Crippen molar-refractivity contribution in [3.8, 4) is 0 Å². The number of carbonyl (C=O) groups excluding carboxylic acids is 1. The van der Waals surface area contributed by atoms with Gasteiger partial charge in [-0.1, -0.05) is 42.1 Å². The number of amides is 1. The standard InChI is InChI=1S/C17H17N3OS2/c1-12-6-3-4-7-14(12)11-20-16(21)13(2)23-17(20)19-18-10-15-8-5-9-22-15/h3-10,13H,11H2,1-2H3/b18-10+,19-17+. The molecule has 3 rings (SSSR count). The fraction of sp³-hybridized carbons (Fsp3) is 0.235. The molecule has 0 bridgehead atoms. The summed E-state index contributed by atoms with van der Waals surface area (Å²) in [6, 6.07) is 12.0. The first kappa shape index (κ1) is 16.0. The lowest BCUT2D eigenvalue weighted by molar-refractivity contribution is -0.126. The van der Waals surface area contributed by atoms with Gasteiger partial charge >= 0.3 is 0 Å². The number of aryl methyl sites for hydroxylation is 1. The van der Waals surface area contributed by atoms with Crippen LogP contribution in [0.25, 0.3) is 0 Å². The summed E-state index contributed by atoms with van der Waals surface area (Å²) < 4.78 is 0. The SMILES string of the molecule is Cc1ccccc1CN1C(=O)C(C)S/C1=N/N=C/c1cccs1. The van der Waals surface area contributed by atoms with E-state index in [0.29, 0.717) is 11.7 Å². The number of hydrogen-bond donors (Lipinski definition) is 0. The molecule has 1 amide bonds. The Balaban J connectivity index is 1.80. The third-order valence-electron chi connectivity index (χ3n) is 3.59. The first-order chi connectivity index (χ1) is 11.1. The molecule has 0 saturated carbocycles. The molecule has 0 spiro atoms. The van der Waals surface area contributed by atoms with Crippen molar-refractivity contribution in [2.45, 2.75) is 25.6 Å². The van der Waals surface area contributed by atoms with Crippen molar-refractivity contribution >= 4 is 40.4 Å². The Hall–Kier alpha value is -1.92. The summed E-state index contributed by atoms with van der Waals surface area (Å²) in [4.78, 5) is 15.2. The van der Waals surface area contributed by atoms with Gasteiger partial charge in [-0.05, 0) is 36.4 Å². The van der Waals surface area contributed by atoms with Gasteiger partial charge in [-0.3, -0.25) is 9.69 Å². The van der Waals surface area contributed by atoms with Gasteiger partial charge in [0.05, 0.1) is 18.0 Å². The maximum Gasteiger partial charge on any atom is 0.242 e. The third-order valence-corrected chi connectivity index (χ3v) is 5.46. The van der Waals surface area contributed by atoms with E-state index in [9.17, 15) is 4.79 Å². The molecule has 6 heteroatoms. The lowest BCUT2D eigenvalue weighted by Crippen LogP contribution is -2.31. The Morgan fingerprint density at radius 3 is 2.83 bits per heavy atom. The number of rotatable bonds is 4. The molecular formula is C17H17N3OS2. The van der Waals surface area contributed by atoms with Crippen molar-refractivity contribution in [1.29, 1.82) is 0 Å². The van der Waals surface area contributed by atoms with Crippen LogP contribution in [-0.2, 0) is 11.3 Å². The van der Waals surface area contributed by atoms with Crippen molar-refractivity contribution in [3.05, 3.63) is 57.8 Å². The fourth-order valence-corrected chi connectivity index (χ4v) is 3.77. The predicted molar refractivity (Wildman–Crippen MR) is 98.1 cm³/mol. The number of amidine groups is 1. The predicted octanol–water partition coefficient (Wildman–Crippen LogP) is 3.91. The Bertz CT molecular complexity index is 753. The average molecular weight is 343 g/mol. The number of benzene rings is 1. The Labute approximate surface area is 143 Å². The van der Waals surface area contributed by atoms with Crippen LogP contribution in [0.4, 0.5) is 0 Å². The summed E-state index contributed by atoms with van der Waals surface area (Å²) in [5.41, 5.74) is 2.30. The first-order valence-electron chi connectivity index (χ1n) is 7.32. The van der Waals surface area contributed by atoms with Crippen LogP contribution in [0, 0.1) is 6.92 Å². The summed E-state index contributed by atoms with van der Waals surface area (Å²) in [5.74, 6) is 0.0864. The van der Waals surface area contributed by atoms with E-state index in [-0.39, 0.29) is 11.2 Å². The second kappa shape index (κ2) is 7.10. The van der Waals surface area contributed by atoms with Crippen LogP contribution in [0.2, 0.25) is 0 Å². The fourth-order valence-electron chi connectivity index (χ4n) is 2.27. The highest BCUT2D eigenvalue weighted by Crippen LogP contribution is 2.29. The summed E-state index contributed by atoms with van der Waals surface area (Å²) in [6.45, 7) is 4.50.